The van der Waals surface area contributed by atoms with Crippen LogP contribution in [0.2, 0.25) is 0 Å². The second-order valence-electron chi connectivity index (χ2n) is 2.66. The lowest BCUT2D eigenvalue weighted by molar-refractivity contribution is 0.580. The van der Waals surface area contributed by atoms with Crippen LogP contribution < -0.4 is 10.2 Å². The molecule has 0 bridgehead atoms. The van der Waals surface area contributed by atoms with Gasteiger partial charge in [0.25, 0.3) is 0 Å². The van der Waals surface area contributed by atoms with Crippen LogP contribution in [0, 0.1) is 0 Å². The van der Waals surface area contributed by atoms with Crippen LogP contribution in [0.15, 0.2) is 4.73 Å². The summed E-state index contributed by atoms with van der Waals surface area (Å²) in [6.45, 7) is 3.97. The number of nitrogens with zero attached hydrogens (tertiary/aromatic N) is 3. The number of rotatable bonds is 1. The molecule has 1 aromatic heterocycles. The molecule has 1 aromatic rings. The third-order valence-corrected chi connectivity index (χ3v) is 2.20. The molecule has 0 spiro atoms. The van der Waals surface area contributed by atoms with Crippen molar-refractivity contribution in [3.63, 3.8) is 0 Å². The number of hydrogen-bond acceptors (Lipinski definition) is 4. The largest absolute Gasteiger partial charge is 0.337 e. The zero-order chi connectivity index (χ0) is 8.39. The maximum atomic E-state index is 4.18. The average Bonchev–Trinajstić information content (AvgIpc) is 2.54. The molecular weight excluding hydrogens is 222 g/mol. The molecule has 66 valence electrons. The van der Waals surface area contributed by atoms with Gasteiger partial charge in [0.15, 0.2) is 4.73 Å². The first-order valence-corrected chi connectivity index (χ1v) is 4.69. The first-order chi connectivity index (χ1) is 5.86. The number of hydrogen-bond donors (Lipinski definition) is 2. The first kappa shape index (κ1) is 8.00. The average molecular weight is 232 g/mol. The highest BCUT2D eigenvalue weighted by Crippen LogP contribution is 2.10. The lowest BCUT2D eigenvalue weighted by Gasteiger charge is -2.25. The summed E-state index contributed by atoms with van der Waals surface area (Å²) in [5.74, 6) is 0.781. The number of H-pyrrole nitrogens is 1. The fraction of sp³-hybridized carbons (Fsp3) is 0.667. The van der Waals surface area contributed by atoms with Gasteiger partial charge in [-0.1, -0.05) is 0 Å². The highest BCUT2D eigenvalue weighted by atomic mass is 79.9. The summed E-state index contributed by atoms with van der Waals surface area (Å²) in [4.78, 5) is 6.33. The number of anilines is 1. The van der Waals surface area contributed by atoms with Crippen LogP contribution in [0.3, 0.4) is 0 Å². The molecule has 0 aromatic carbocycles. The lowest BCUT2D eigenvalue weighted by Crippen LogP contribution is -2.44. The Morgan fingerprint density at radius 2 is 2.08 bits per heavy atom. The van der Waals surface area contributed by atoms with E-state index in [1.165, 1.54) is 0 Å². The Morgan fingerprint density at radius 3 is 2.67 bits per heavy atom. The van der Waals surface area contributed by atoms with Gasteiger partial charge < -0.3 is 10.2 Å². The quantitative estimate of drug-likeness (QED) is 0.714. The minimum atomic E-state index is 0.691. The van der Waals surface area contributed by atoms with E-state index in [1.807, 2.05) is 0 Å². The predicted molar refractivity (Wildman–Crippen MR) is 49.2 cm³/mol. The number of aromatic nitrogens is 3. The molecule has 0 aliphatic carbocycles. The van der Waals surface area contributed by atoms with Gasteiger partial charge in [0.05, 0.1) is 0 Å². The molecule has 2 heterocycles. The van der Waals surface area contributed by atoms with Gasteiger partial charge in [0.2, 0.25) is 5.95 Å². The van der Waals surface area contributed by atoms with Crippen LogP contribution in [0.5, 0.6) is 0 Å². The molecule has 0 atom stereocenters. The Labute approximate surface area is 78.7 Å². The molecule has 6 heteroatoms. The molecule has 0 unspecified atom stereocenters. The number of nitrogens with one attached hydrogen (secondary N) is 2. The van der Waals surface area contributed by atoms with Gasteiger partial charge in [-0.15, -0.1) is 5.10 Å². The van der Waals surface area contributed by atoms with E-state index in [1.54, 1.807) is 0 Å². The molecule has 2 rings (SSSR count). The molecule has 1 aliphatic rings. The lowest BCUT2D eigenvalue weighted by atomic mass is 10.4. The maximum Gasteiger partial charge on any atom is 0.245 e. The second-order valence-corrected chi connectivity index (χ2v) is 3.41. The van der Waals surface area contributed by atoms with E-state index in [-0.39, 0.29) is 0 Å². The molecule has 5 nitrogen and oxygen atoms in total. The molecule has 0 radical (unpaired) electrons. The summed E-state index contributed by atoms with van der Waals surface area (Å²) in [5.41, 5.74) is 0. The number of piperazine rings is 1. The third kappa shape index (κ3) is 1.59. The molecule has 1 aliphatic heterocycles. The summed E-state index contributed by atoms with van der Waals surface area (Å²) in [5, 5.41) is 10.1. The Hall–Kier alpha value is -0.620. The summed E-state index contributed by atoms with van der Waals surface area (Å²) < 4.78 is 0.691. The summed E-state index contributed by atoms with van der Waals surface area (Å²) in [7, 11) is 0. The fourth-order valence-electron chi connectivity index (χ4n) is 1.24. The Kier molecular flexibility index (Phi) is 2.27. The smallest absolute Gasteiger partial charge is 0.245 e. The monoisotopic (exact) mass is 231 g/mol. The van der Waals surface area contributed by atoms with Crippen LogP contribution in [0.1, 0.15) is 0 Å². The zero-order valence-corrected chi connectivity index (χ0v) is 8.13. The van der Waals surface area contributed by atoms with Crippen molar-refractivity contribution in [2.45, 2.75) is 0 Å². The normalized spacial score (nSPS) is 18.2. The molecule has 0 saturated carbocycles. The fourth-order valence-corrected chi connectivity index (χ4v) is 1.49. The first-order valence-electron chi connectivity index (χ1n) is 3.90. The van der Waals surface area contributed by atoms with Crippen LogP contribution >= 0.6 is 15.9 Å². The van der Waals surface area contributed by atoms with E-state index in [0.29, 0.717) is 4.73 Å². The highest BCUT2D eigenvalue weighted by Gasteiger charge is 2.13. The van der Waals surface area contributed by atoms with Gasteiger partial charge in [0, 0.05) is 26.2 Å². The van der Waals surface area contributed by atoms with E-state index in [0.717, 1.165) is 32.1 Å². The minimum Gasteiger partial charge on any atom is -0.337 e. The van der Waals surface area contributed by atoms with E-state index in [2.05, 4.69) is 41.3 Å². The summed E-state index contributed by atoms with van der Waals surface area (Å²) >= 11 is 3.23. The Balaban J connectivity index is 2.08. The van der Waals surface area contributed by atoms with Gasteiger partial charge in [-0.3, -0.25) is 5.10 Å². The molecule has 0 amide bonds. The topological polar surface area (TPSA) is 56.8 Å². The zero-order valence-electron chi connectivity index (χ0n) is 6.55. The minimum absolute atomic E-state index is 0.691. The van der Waals surface area contributed by atoms with E-state index >= 15 is 0 Å². The third-order valence-electron chi connectivity index (χ3n) is 1.85. The van der Waals surface area contributed by atoms with E-state index in [4.69, 9.17) is 0 Å². The molecule has 12 heavy (non-hydrogen) atoms. The highest BCUT2D eigenvalue weighted by molar-refractivity contribution is 9.10. The van der Waals surface area contributed by atoms with Crippen LogP contribution in [0.4, 0.5) is 5.95 Å². The SMILES string of the molecule is Brc1nc(N2CCNCC2)n[nH]1. The van der Waals surface area contributed by atoms with Crippen LogP contribution in [-0.4, -0.2) is 41.4 Å². The summed E-state index contributed by atoms with van der Waals surface area (Å²) in [6, 6.07) is 0. The van der Waals surface area contributed by atoms with Crippen molar-refractivity contribution in [2.75, 3.05) is 31.1 Å². The Morgan fingerprint density at radius 1 is 1.33 bits per heavy atom. The standard InChI is InChI=1S/C6H10BrN5/c7-5-9-6(11-10-5)12-3-1-8-2-4-12/h8H,1-4H2,(H,9,10,11). The van der Waals surface area contributed by atoms with Crippen LogP contribution in [-0.2, 0) is 0 Å². The maximum absolute atomic E-state index is 4.18. The molecular formula is C6H10BrN5. The van der Waals surface area contributed by atoms with Gasteiger partial charge in [-0.25, -0.2) is 0 Å². The van der Waals surface area contributed by atoms with E-state index in [9.17, 15) is 0 Å². The van der Waals surface area contributed by atoms with Gasteiger partial charge >= 0.3 is 0 Å². The van der Waals surface area contributed by atoms with Crippen molar-refractivity contribution >= 4 is 21.9 Å². The van der Waals surface area contributed by atoms with E-state index < -0.39 is 0 Å². The van der Waals surface area contributed by atoms with Crippen LogP contribution in [0.25, 0.3) is 0 Å². The Bertz CT molecular complexity index is 254. The second kappa shape index (κ2) is 3.40. The molecule has 1 fully saturated rings. The van der Waals surface area contributed by atoms with Crippen molar-refractivity contribution in [1.82, 2.24) is 20.5 Å². The number of halogens is 1. The van der Waals surface area contributed by atoms with Gasteiger partial charge in [-0.05, 0) is 15.9 Å². The van der Waals surface area contributed by atoms with Crippen molar-refractivity contribution in [1.29, 1.82) is 0 Å². The van der Waals surface area contributed by atoms with Gasteiger partial charge in [0.1, 0.15) is 0 Å². The van der Waals surface area contributed by atoms with Gasteiger partial charge in [-0.2, -0.15) is 4.98 Å². The molecule has 1 saturated heterocycles. The van der Waals surface area contributed by atoms with Crippen molar-refractivity contribution in [2.24, 2.45) is 0 Å². The summed E-state index contributed by atoms with van der Waals surface area (Å²) in [6.07, 6.45) is 0. The molecule has 2 N–H and O–H groups in total. The predicted octanol–water partition coefficient (Wildman–Crippen LogP) is -0.0232. The van der Waals surface area contributed by atoms with Crippen molar-refractivity contribution in [3.8, 4) is 0 Å². The van der Waals surface area contributed by atoms with Crippen molar-refractivity contribution in [3.05, 3.63) is 4.73 Å². The van der Waals surface area contributed by atoms with Crippen molar-refractivity contribution < 1.29 is 0 Å². The number of aromatic amines is 1.